The molecule has 0 amide bonds. The van der Waals surface area contributed by atoms with E-state index in [1.54, 1.807) is 0 Å². The molecule has 0 aromatic carbocycles. The van der Waals surface area contributed by atoms with E-state index >= 15 is 0 Å². The second-order valence-electron chi connectivity index (χ2n) is 7.04. The highest BCUT2D eigenvalue weighted by Crippen LogP contribution is 2.47. The van der Waals surface area contributed by atoms with E-state index in [1.807, 2.05) is 0 Å². The van der Waals surface area contributed by atoms with E-state index < -0.39 is 0 Å². The molecule has 0 radical (unpaired) electrons. The fraction of sp³-hybridized carbons (Fsp3) is 0.889. The van der Waals surface area contributed by atoms with Gasteiger partial charge in [0, 0.05) is 5.41 Å². The van der Waals surface area contributed by atoms with Crippen LogP contribution in [-0.2, 0) is 9.47 Å². The van der Waals surface area contributed by atoms with Crippen LogP contribution in [0.3, 0.4) is 0 Å². The van der Waals surface area contributed by atoms with Crippen molar-refractivity contribution in [3.63, 3.8) is 0 Å². The Kier molecular flexibility index (Phi) is 5.68. The second kappa shape index (κ2) is 7.09. The van der Waals surface area contributed by atoms with Crippen molar-refractivity contribution in [2.24, 2.45) is 17.3 Å². The Morgan fingerprint density at radius 1 is 1.15 bits per heavy atom. The number of ether oxygens (including phenoxy) is 2. The number of hydrogen-bond donors (Lipinski definition) is 0. The fourth-order valence-electron chi connectivity index (χ4n) is 3.83. The SMILES string of the molecule is CCCCCCC1OCC2(CO1)C(C)C=C(C)CC2C. The molecule has 2 heteroatoms. The summed E-state index contributed by atoms with van der Waals surface area (Å²) in [6, 6.07) is 0. The van der Waals surface area contributed by atoms with Gasteiger partial charge in [-0.1, -0.05) is 51.7 Å². The van der Waals surface area contributed by atoms with Crippen molar-refractivity contribution in [2.45, 2.75) is 72.5 Å². The van der Waals surface area contributed by atoms with Crippen LogP contribution in [0.5, 0.6) is 0 Å². The van der Waals surface area contributed by atoms with Crippen LogP contribution in [0.2, 0.25) is 0 Å². The lowest BCUT2D eigenvalue weighted by atomic mass is 9.63. The molecule has 1 aliphatic heterocycles. The van der Waals surface area contributed by atoms with Crippen LogP contribution in [-0.4, -0.2) is 19.5 Å². The predicted octanol–water partition coefficient (Wildman–Crippen LogP) is 4.94. The van der Waals surface area contributed by atoms with Gasteiger partial charge >= 0.3 is 0 Å². The van der Waals surface area contributed by atoms with Gasteiger partial charge in [0.15, 0.2) is 6.29 Å². The van der Waals surface area contributed by atoms with Gasteiger partial charge in [-0.15, -0.1) is 0 Å². The summed E-state index contributed by atoms with van der Waals surface area (Å²) in [4.78, 5) is 0. The maximum atomic E-state index is 6.08. The quantitative estimate of drug-likeness (QED) is 0.524. The molecule has 2 atom stereocenters. The first-order valence-corrected chi connectivity index (χ1v) is 8.49. The van der Waals surface area contributed by atoms with Gasteiger partial charge in [0.1, 0.15) is 0 Å². The van der Waals surface area contributed by atoms with E-state index in [0.29, 0.717) is 11.8 Å². The summed E-state index contributed by atoms with van der Waals surface area (Å²) in [5, 5.41) is 0. The fourth-order valence-corrected chi connectivity index (χ4v) is 3.83. The zero-order valence-corrected chi connectivity index (χ0v) is 13.8. The molecule has 2 unspecified atom stereocenters. The number of rotatable bonds is 5. The molecule has 20 heavy (non-hydrogen) atoms. The minimum absolute atomic E-state index is 0.0453. The normalized spacial score (nSPS) is 38.0. The molecular formula is C18H32O2. The van der Waals surface area contributed by atoms with E-state index in [2.05, 4.69) is 33.8 Å². The van der Waals surface area contributed by atoms with Gasteiger partial charge in [-0.25, -0.2) is 0 Å². The van der Waals surface area contributed by atoms with Crippen LogP contribution in [0, 0.1) is 17.3 Å². The van der Waals surface area contributed by atoms with E-state index in [0.717, 1.165) is 19.6 Å². The maximum absolute atomic E-state index is 6.08. The van der Waals surface area contributed by atoms with Gasteiger partial charge in [-0.05, 0) is 38.0 Å². The number of allylic oxidation sites excluding steroid dienone is 2. The Balaban J connectivity index is 1.84. The summed E-state index contributed by atoms with van der Waals surface area (Å²) < 4.78 is 12.2. The highest BCUT2D eigenvalue weighted by Gasteiger charge is 2.46. The standard InChI is InChI=1S/C18H32O2/c1-5-6-7-8-9-17-19-12-18(13-20-17)15(3)10-14(2)11-16(18)4/h10,15-17H,5-9,11-13H2,1-4H3. The van der Waals surface area contributed by atoms with Gasteiger partial charge in [0.05, 0.1) is 13.2 Å². The average molecular weight is 280 g/mol. The van der Waals surface area contributed by atoms with Crippen molar-refractivity contribution >= 4 is 0 Å². The van der Waals surface area contributed by atoms with Crippen LogP contribution in [0.25, 0.3) is 0 Å². The van der Waals surface area contributed by atoms with Crippen LogP contribution >= 0.6 is 0 Å². The minimum atomic E-state index is 0.0453. The molecule has 0 aromatic rings. The van der Waals surface area contributed by atoms with Gasteiger partial charge < -0.3 is 9.47 Å². The first-order chi connectivity index (χ1) is 9.58. The molecule has 0 bridgehead atoms. The van der Waals surface area contributed by atoms with Crippen LogP contribution in [0.4, 0.5) is 0 Å². The molecule has 1 fully saturated rings. The van der Waals surface area contributed by atoms with Gasteiger partial charge in [-0.3, -0.25) is 0 Å². The largest absolute Gasteiger partial charge is 0.352 e. The topological polar surface area (TPSA) is 18.5 Å². The highest BCUT2D eigenvalue weighted by atomic mass is 16.7. The third kappa shape index (κ3) is 3.46. The van der Waals surface area contributed by atoms with E-state index in [-0.39, 0.29) is 11.7 Å². The lowest BCUT2D eigenvalue weighted by Gasteiger charge is -2.49. The first-order valence-electron chi connectivity index (χ1n) is 8.49. The average Bonchev–Trinajstić information content (AvgIpc) is 2.42. The second-order valence-corrected chi connectivity index (χ2v) is 7.04. The van der Waals surface area contributed by atoms with Gasteiger partial charge in [-0.2, -0.15) is 0 Å². The van der Waals surface area contributed by atoms with Crippen molar-refractivity contribution in [2.75, 3.05) is 13.2 Å². The number of hydrogen-bond acceptors (Lipinski definition) is 2. The Hall–Kier alpha value is -0.340. The van der Waals surface area contributed by atoms with Crippen LogP contribution in [0.15, 0.2) is 11.6 Å². The Bertz CT molecular complexity index is 326. The molecule has 2 rings (SSSR count). The van der Waals surface area contributed by atoms with Crippen molar-refractivity contribution in [1.82, 2.24) is 0 Å². The monoisotopic (exact) mass is 280 g/mol. The molecular weight excluding hydrogens is 248 g/mol. The summed E-state index contributed by atoms with van der Waals surface area (Å²) in [7, 11) is 0. The van der Waals surface area contributed by atoms with Crippen molar-refractivity contribution < 1.29 is 9.47 Å². The van der Waals surface area contributed by atoms with Crippen LogP contribution < -0.4 is 0 Å². The third-order valence-corrected chi connectivity index (χ3v) is 5.42. The summed E-state index contributed by atoms with van der Waals surface area (Å²) in [5.41, 5.74) is 1.73. The molecule has 1 saturated heterocycles. The zero-order chi connectivity index (χ0) is 14.6. The summed E-state index contributed by atoms with van der Waals surface area (Å²) in [6.07, 6.45) is 9.88. The van der Waals surface area contributed by atoms with Gasteiger partial charge in [0.25, 0.3) is 0 Å². The maximum Gasteiger partial charge on any atom is 0.157 e. The Labute approximate surface area is 124 Å². The summed E-state index contributed by atoms with van der Waals surface area (Å²) in [5.74, 6) is 1.22. The minimum Gasteiger partial charge on any atom is -0.352 e. The lowest BCUT2D eigenvalue weighted by Crippen LogP contribution is -2.50. The first kappa shape index (κ1) is 16.0. The molecule has 0 N–H and O–H groups in total. The molecule has 1 heterocycles. The predicted molar refractivity (Wildman–Crippen MR) is 83.6 cm³/mol. The Morgan fingerprint density at radius 2 is 1.85 bits per heavy atom. The Morgan fingerprint density at radius 3 is 2.45 bits per heavy atom. The molecule has 2 nitrogen and oxygen atoms in total. The van der Waals surface area contributed by atoms with E-state index in [4.69, 9.17) is 9.47 Å². The molecule has 116 valence electrons. The van der Waals surface area contributed by atoms with Crippen molar-refractivity contribution in [3.8, 4) is 0 Å². The highest BCUT2D eigenvalue weighted by molar-refractivity contribution is 5.13. The molecule has 2 aliphatic rings. The van der Waals surface area contributed by atoms with E-state index in [1.165, 1.54) is 37.7 Å². The van der Waals surface area contributed by atoms with Crippen LogP contribution in [0.1, 0.15) is 66.2 Å². The zero-order valence-electron chi connectivity index (χ0n) is 13.8. The lowest BCUT2D eigenvalue weighted by molar-refractivity contribution is -0.252. The molecule has 0 saturated carbocycles. The molecule has 0 aromatic heterocycles. The smallest absolute Gasteiger partial charge is 0.157 e. The summed E-state index contributed by atoms with van der Waals surface area (Å²) >= 11 is 0. The van der Waals surface area contributed by atoms with Gasteiger partial charge in [0.2, 0.25) is 0 Å². The molecule has 1 spiro atoms. The summed E-state index contributed by atoms with van der Waals surface area (Å²) in [6.45, 7) is 10.9. The molecule has 1 aliphatic carbocycles. The number of unbranched alkanes of at least 4 members (excludes halogenated alkanes) is 3. The van der Waals surface area contributed by atoms with E-state index in [9.17, 15) is 0 Å². The van der Waals surface area contributed by atoms with Crippen molar-refractivity contribution in [1.29, 1.82) is 0 Å². The van der Waals surface area contributed by atoms with Crippen molar-refractivity contribution in [3.05, 3.63) is 11.6 Å². The third-order valence-electron chi connectivity index (χ3n) is 5.42.